The molecule has 18 heteroatoms. The van der Waals surface area contributed by atoms with Crippen molar-refractivity contribution in [2.24, 2.45) is 45.3 Å². The lowest BCUT2D eigenvalue weighted by atomic mass is 9.34. The average Bonchev–Trinajstić information content (AvgIpc) is 3.64. The van der Waals surface area contributed by atoms with Gasteiger partial charge in [-0.1, -0.05) is 46.3 Å². The molecule has 26 atom stereocenters. The lowest BCUT2D eigenvalue weighted by molar-refractivity contribution is -0.382. The lowest BCUT2D eigenvalue weighted by Crippen LogP contribution is -2.71. The Morgan fingerprint density at radius 2 is 1.27 bits per heavy atom. The molecule has 382 valence electrons. The molecule has 7 fully saturated rings. The number of hydrogen-bond donors (Lipinski definition) is 12. The minimum Gasteiger partial charge on any atom is -0.394 e. The maximum atomic E-state index is 12.7. The minimum atomic E-state index is -1.75. The van der Waals surface area contributed by atoms with Gasteiger partial charge in [-0.15, -0.1) is 0 Å². The summed E-state index contributed by atoms with van der Waals surface area (Å²) in [6.07, 6.45) is -18.3. The van der Waals surface area contributed by atoms with Crippen LogP contribution in [0.25, 0.3) is 0 Å². The van der Waals surface area contributed by atoms with E-state index in [2.05, 4.69) is 26.8 Å². The first kappa shape index (κ1) is 52.8. The Hall–Kier alpha value is -0.980. The normalized spacial score (nSPS) is 53.5. The fourth-order valence-corrected chi connectivity index (χ4v) is 14.9. The second-order valence-electron chi connectivity index (χ2n) is 23.0. The first-order chi connectivity index (χ1) is 30.7. The van der Waals surface area contributed by atoms with E-state index in [0.717, 1.165) is 5.57 Å². The summed E-state index contributed by atoms with van der Waals surface area (Å²) in [5.41, 5.74) is -2.43. The van der Waals surface area contributed by atoms with E-state index >= 15 is 0 Å². The summed E-state index contributed by atoms with van der Waals surface area (Å²) in [4.78, 5) is 0. The first-order valence-electron chi connectivity index (χ1n) is 24.3. The van der Waals surface area contributed by atoms with Crippen molar-refractivity contribution in [3.05, 3.63) is 11.6 Å². The maximum absolute atomic E-state index is 12.7. The number of aliphatic hydroxyl groups is 12. The van der Waals surface area contributed by atoms with E-state index in [4.69, 9.17) is 28.4 Å². The Morgan fingerprint density at radius 3 is 1.89 bits per heavy atom. The Bertz CT molecular complexity index is 1700. The second-order valence-corrected chi connectivity index (χ2v) is 23.0. The van der Waals surface area contributed by atoms with Crippen LogP contribution in [-0.4, -0.2) is 191 Å². The van der Waals surface area contributed by atoms with Crippen molar-refractivity contribution in [3.63, 3.8) is 0 Å². The number of hydrogen-bond acceptors (Lipinski definition) is 18. The third kappa shape index (κ3) is 8.69. The molecule has 0 amide bonds. The van der Waals surface area contributed by atoms with Crippen molar-refractivity contribution in [1.29, 1.82) is 0 Å². The van der Waals surface area contributed by atoms with Crippen LogP contribution in [0.2, 0.25) is 0 Å². The van der Waals surface area contributed by atoms with Crippen molar-refractivity contribution in [2.45, 2.75) is 230 Å². The van der Waals surface area contributed by atoms with Crippen LogP contribution in [0.15, 0.2) is 11.6 Å². The monoisotopic (exact) mass is 947 g/mol. The highest BCUT2D eigenvalue weighted by atomic mass is 16.8. The molecule has 12 N–H and O–H groups in total. The molecular weight excluding hydrogens is 865 g/mol. The molecule has 7 rings (SSSR count). The zero-order valence-electron chi connectivity index (χ0n) is 40.2. The van der Waals surface area contributed by atoms with Crippen LogP contribution < -0.4 is 0 Å². The van der Waals surface area contributed by atoms with E-state index in [1.807, 2.05) is 34.6 Å². The van der Waals surface area contributed by atoms with Gasteiger partial charge in [-0.2, -0.15) is 0 Å². The minimum absolute atomic E-state index is 0.0861. The summed E-state index contributed by atoms with van der Waals surface area (Å²) in [6, 6.07) is 0. The van der Waals surface area contributed by atoms with Gasteiger partial charge in [0.05, 0.1) is 43.2 Å². The van der Waals surface area contributed by atoms with Crippen molar-refractivity contribution >= 4 is 0 Å². The molecule has 3 aliphatic heterocycles. The topological polar surface area (TPSA) is 298 Å². The number of aliphatic hydroxyl groups excluding tert-OH is 12. The molecule has 0 aromatic rings. The molecule has 7 aliphatic rings. The summed E-state index contributed by atoms with van der Waals surface area (Å²) in [7, 11) is 0. The Morgan fingerprint density at radius 1 is 0.682 bits per heavy atom. The van der Waals surface area contributed by atoms with Gasteiger partial charge in [0.2, 0.25) is 0 Å². The maximum Gasteiger partial charge on any atom is 0.187 e. The molecule has 0 aromatic carbocycles. The Kier molecular flexibility index (Phi) is 15.4. The van der Waals surface area contributed by atoms with Gasteiger partial charge in [0.25, 0.3) is 0 Å². The van der Waals surface area contributed by atoms with Crippen molar-refractivity contribution < 1.29 is 89.7 Å². The molecule has 0 unspecified atom stereocenters. The fraction of sp³-hybridized carbons (Fsp3) is 0.958. The predicted octanol–water partition coefficient (Wildman–Crippen LogP) is -0.0284. The molecular formula is C48H82O18. The van der Waals surface area contributed by atoms with E-state index in [0.29, 0.717) is 51.4 Å². The van der Waals surface area contributed by atoms with Crippen LogP contribution in [-0.2, 0) is 28.4 Å². The Labute approximate surface area is 388 Å². The van der Waals surface area contributed by atoms with Crippen LogP contribution in [0.1, 0.15) is 114 Å². The molecule has 4 saturated carbocycles. The molecule has 0 aromatic heterocycles. The molecule has 4 aliphatic carbocycles. The zero-order chi connectivity index (χ0) is 48.8. The van der Waals surface area contributed by atoms with Crippen LogP contribution in [0.3, 0.4) is 0 Å². The summed E-state index contributed by atoms with van der Waals surface area (Å²) in [5.74, 6) is -1.12. The molecule has 3 saturated heterocycles. The second kappa shape index (κ2) is 19.2. The Balaban J connectivity index is 1.27. The van der Waals surface area contributed by atoms with Gasteiger partial charge >= 0.3 is 0 Å². The molecule has 3 heterocycles. The third-order valence-electron chi connectivity index (χ3n) is 18.7. The van der Waals surface area contributed by atoms with Gasteiger partial charge in [-0.25, -0.2) is 0 Å². The summed E-state index contributed by atoms with van der Waals surface area (Å²) < 4.78 is 38.1. The highest BCUT2D eigenvalue weighted by Crippen LogP contribution is 2.76. The predicted molar refractivity (Wildman–Crippen MR) is 234 cm³/mol. The SMILES string of the molecule is CC(C)=CCC[C@@](C)(O[C@H]1O[C@@H](CO)[C@H](O)[C@@H](O)[C@@H]1O)[C@@H]1CC[C@@]2(C)[C@H]1[C@@H](O)C[C@H]1[C@]3(C)CC[C@@H](O)C(C)(C)[C@H]3[C@H](O[C@H]3O[C@@H](CO)[C@H](O)[C@@H](O)[C@H]3O[C@H]3O[C@H](C)[C@@H](O)[C@H](O)[C@@H]3O)C[C@@]12C. The van der Waals surface area contributed by atoms with Gasteiger partial charge in [-0.05, 0) is 124 Å². The molecule has 0 bridgehead atoms. The van der Waals surface area contributed by atoms with Crippen LogP contribution in [0.4, 0.5) is 0 Å². The van der Waals surface area contributed by atoms with Crippen LogP contribution in [0.5, 0.6) is 0 Å². The van der Waals surface area contributed by atoms with Gasteiger partial charge in [0.15, 0.2) is 18.9 Å². The largest absolute Gasteiger partial charge is 0.394 e. The smallest absolute Gasteiger partial charge is 0.187 e. The average molecular weight is 947 g/mol. The van der Waals surface area contributed by atoms with E-state index in [1.54, 1.807) is 0 Å². The standard InChI is InChI=1S/C48H82O18/c1-21(2)11-10-14-48(9,66-42-38(60)35(57)32(54)26(19-49)63-42)23-12-16-46(7)30(23)24(51)17-28-45(6)15-13-29(52)44(4,5)40(45)25(18-47(28,46)8)62-43-39(36(58)33(55)27(20-50)64-43)65-41-37(59)34(56)31(53)22(3)61-41/h11,22-43,49-60H,10,12-20H2,1-9H3/t22-,23-,24+,25-,26+,27+,28+,29-,30-,31-,32+,33+,34+,35-,36-,37+,38+,39-,40-,41-,42-,43+,45+,46+,47+,48-/m1/s1. The summed E-state index contributed by atoms with van der Waals surface area (Å²) in [5, 5.41) is 132. The van der Waals surface area contributed by atoms with E-state index in [-0.39, 0.29) is 23.7 Å². The van der Waals surface area contributed by atoms with Crippen LogP contribution >= 0.6 is 0 Å². The van der Waals surface area contributed by atoms with Gasteiger partial charge in [0.1, 0.15) is 67.1 Å². The zero-order valence-corrected chi connectivity index (χ0v) is 40.2. The highest BCUT2D eigenvalue weighted by Gasteiger charge is 2.74. The van der Waals surface area contributed by atoms with E-state index < -0.39 is 151 Å². The molecule has 66 heavy (non-hydrogen) atoms. The number of allylic oxidation sites excluding steroid dienone is 2. The number of fused-ring (bicyclic) bond motifs is 5. The van der Waals surface area contributed by atoms with Gasteiger partial charge in [0, 0.05) is 0 Å². The van der Waals surface area contributed by atoms with Gasteiger partial charge < -0.3 is 89.7 Å². The van der Waals surface area contributed by atoms with Crippen molar-refractivity contribution in [3.8, 4) is 0 Å². The quantitative estimate of drug-likeness (QED) is 0.0904. The fourth-order valence-electron chi connectivity index (χ4n) is 14.9. The molecule has 0 spiro atoms. The molecule has 0 radical (unpaired) electrons. The van der Waals surface area contributed by atoms with Crippen molar-refractivity contribution in [2.75, 3.05) is 13.2 Å². The van der Waals surface area contributed by atoms with E-state index in [1.165, 1.54) is 6.92 Å². The van der Waals surface area contributed by atoms with Crippen molar-refractivity contribution in [1.82, 2.24) is 0 Å². The number of ether oxygens (including phenoxy) is 6. The first-order valence-corrected chi connectivity index (χ1v) is 24.3. The third-order valence-corrected chi connectivity index (χ3v) is 18.7. The van der Waals surface area contributed by atoms with E-state index in [9.17, 15) is 61.3 Å². The summed E-state index contributed by atoms with van der Waals surface area (Å²) >= 11 is 0. The van der Waals surface area contributed by atoms with Crippen LogP contribution in [0, 0.1) is 45.3 Å². The van der Waals surface area contributed by atoms with Gasteiger partial charge in [-0.3, -0.25) is 0 Å². The highest BCUT2D eigenvalue weighted by molar-refractivity contribution is 5.22. The summed E-state index contributed by atoms with van der Waals surface area (Å²) in [6.45, 7) is 16.8. The molecule has 18 nitrogen and oxygen atoms in total. The number of rotatable bonds is 12. The lowest BCUT2D eigenvalue weighted by Gasteiger charge is -2.72.